The second-order valence-corrected chi connectivity index (χ2v) is 28.9. The number of carbonyl (C=O) groups excluding carboxylic acids is 2. The molecule has 2 unspecified atom stereocenters. The fourth-order valence-corrected chi connectivity index (χ4v) is 13.3. The lowest BCUT2D eigenvalue weighted by Gasteiger charge is -2.45. The van der Waals surface area contributed by atoms with Gasteiger partial charge in [-0.05, 0) is 78.0 Å². The number of rotatable bonds is 21. The molecule has 4 aromatic carbocycles. The molecule has 67 heavy (non-hydrogen) atoms. The highest BCUT2D eigenvalue weighted by molar-refractivity contribution is 6.99. The van der Waals surface area contributed by atoms with E-state index in [4.69, 9.17) is 37.6 Å². The molecule has 1 heterocycles. The van der Waals surface area contributed by atoms with E-state index in [9.17, 15) is 9.59 Å². The van der Waals surface area contributed by atoms with E-state index in [0.717, 1.165) is 6.04 Å². The minimum Gasteiger partial charge on any atom is -0.497 e. The summed E-state index contributed by atoms with van der Waals surface area (Å²) in [5.41, 5.74) is 0.846. The second kappa shape index (κ2) is 22.8. The van der Waals surface area contributed by atoms with Crippen molar-refractivity contribution in [2.45, 2.75) is 115 Å². The van der Waals surface area contributed by atoms with Crippen LogP contribution in [0, 0.1) is 0 Å². The Morgan fingerprint density at radius 1 is 0.821 bits per heavy atom. The Morgan fingerprint density at radius 2 is 1.42 bits per heavy atom. The molecule has 1 aliphatic heterocycles. The molecule has 10 nitrogen and oxygen atoms in total. The van der Waals surface area contributed by atoms with Gasteiger partial charge in [-0.1, -0.05) is 138 Å². The SMILES string of the molecule is COCOc1cc(OC)cc(C=CC[C@@H]2OC(C)(C)O[C@@H]2C(C=CCC(O[Si](c2ccccc2)(c2ccccc2)C(C)(C)C)C(F)(F)F)OC(=O)c2ccccc2)c1C(=O)OCC[Si](C)(C)C. The topological polar surface area (TPSA) is 108 Å². The summed E-state index contributed by atoms with van der Waals surface area (Å²) in [6, 6.07) is 30.6. The Bertz CT molecular complexity index is 2240. The van der Waals surface area contributed by atoms with Crippen molar-refractivity contribution >= 4 is 44.8 Å². The van der Waals surface area contributed by atoms with Crippen molar-refractivity contribution in [1.29, 1.82) is 0 Å². The van der Waals surface area contributed by atoms with E-state index < -0.39 is 76.2 Å². The first-order chi connectivity index (χ1) is 31.6. The number of ether oxygens (including phenoxy) is 7. The first-order valence-electron chi connectivity index (χ1n) is 22.4. The number of carbonyl (C=O) groups is 2. The van der Waals surface area contributed by atoms with Gasteiger partial charge in [0.1, 0.15) is 35.4 Å². The highest BCUT2D eigenvalue weighted by Gasteiger charge is 2.55. The van der Waals surface area contributed by atoms with Gasteiger partial charge in [-0.3, -0.25) is 0 Å². The summed E-state index contributed by atoms with van der Waals surface area (Å²) in [5, 5.41) is 0.681. The predicted octanol–water partition coefficient (Wildman–Crippen LogP) is 10.8. The fourth-order valence-electron chi connectivity index (χ4n) is 7.96. The molecule has 0 bridgehead atoms. The molecule has 0 amide bonds. The van der Waals surface area contributed by atoms with Gasteiger partial charge >= 0.3 is 18.1 Å². The Morgan fingerprint density at radius 3 is 1.96 bits per heavy atom. The molecule has 362 valence electrons. The number of halogens is 3. The van der Waals surface area contributed by atoms with Crippen LogP contribution in [0.4, 0.5) is 13.2 Å². The number of methoxy groups -OCH3 is 2. The van der Waals surface area contributed by atoms with Gasteiger partial charge in [0.15, 0.2) is 12.6 Å². The van der Waals surface area contributed by atoms with Crippen molar-refractivity contribution in [3.8, 4) is 11.5 Å². The number of alkyl halides is 3. The average molecular weight is 963 g/mol. The molecule has 0 saturated carbocycles. The number of benzene rings is 4. The van der Waals surface area contributed by atoms with Crippen molar-refractivity contribution in [2.75, 3.05) is 27.6 Å². The third-order valence-electron chi connectivity index (χ3n) is 11.2. The van der Waals surface area contributed by atoms with E-state index in [0.29, 0.717) is 21.7 Å². The summed E-state index contributed by atoms with van der Waals surface area (Å²) in [4.78, 5) is 27.4. The van der Waals surface area contributed by atoms with Crippen LogP contribution in [0.1, 0.15) is 73.7 Å². The van der Waals surface area contributed by atoms with Crippen LogP contribution in [0.3, 0.4) is 0 Å². The number of hydrogen-bond donors (Lipinski definition) is 0. The predicted molar refractivity (Wildman–Crippen MR) is 259 cm³/mol. The van der Waals surface area contributed by atoms with E-state index in [2.05, 4.69) is 19.6 Å². The monoisotopic (exact) mass is 962 g/mol. The standard InChI is InChI=1S/C52H65F3O10Si2/c1-50(2,3)67(40-25-16-12-17-26-40,41-27-18-13-19-28-41)65-45(52(53,54)55)31-21-29-42(62-48(56)37-22-14-11-15-23-37)47-43(63-51(4,5)64-47)30-20-24-38-34-39(59-7)35-44(61-36-58-6)46(38)49(57)60-32-33-66(8,9)10/h11-29,34-35,42-43,45,47H,30-33,36H2,1-10H3/t42?,43-,45?,47+/m0/s1. The van der Waals surface area contributed by atoms with Crippen molar-refractivity contribution in [3.05, 3.63) is 138 Å². The lowest BCUT2D eigenvalue weighted by molar-refractivity contribution is -0.196. The lowest BCUT2D eigenvalue weighted by atomic mass is 10.0. The number of hydrogen-bond acceptors (Lipinski definition) is 10. The van der Waals surface area contributed by atoms with Crippen LogP contribution >= 0.6 is 0 Å². The van der Waals surface area contributed by atoms with Gasteiger partial charge in [-0.2, -0.15) is 13.2 Å². The van der Waals surface area contributed by atoms with E-state index in [-0.39, 0.29) is 36.7 Å². The molecule has 1 saturated heterocycles. The Balaban J connectivity index is 1.51. The summed E-state index contributed by atoms with van der Waals surface area (Å²) in [7, 11) is -2.22. The minimum absolute atomic E-state index is 0.137. The molecule has 15 heteroatoms. The molecule has 0 radical (unpaired) electrons. The van der Waals surface area contributed by atoms with Crippen molar-refractivity contribution in [1.82, 2.24) is 0 Å². The maximum atomic E-state index is 15.4. The summed E-state index contributed by atoms with van der Waals surface area (Å²) in [5.74, 6) is -1.85. The van der Waals surface area contributed by atoms with Crippen LogP contribution in [0.5, 0.6) is 11.5 Å². The molecule has 5 rings (SSSR count). The minimum atomic E-state index is -4.77. The van der Waals surface area contributed by atoms with Gasteiger partial charge < -0.3 is 37.6 Å². The first kappa shape index (κ1) is 52.9. The van der Waals surface area contributed by atoms with Crippen LogP contribution in [0.2, 0.25) is 30.7 Å². The zero-order valence-corrected chi connectivity index (χ0v) is 42.2. The molecule has 4 aromatic rings. The Hall–Kier alpha value is -5.04. The van der Waals surface area contributed by atoms with Crippen LogP contribution in [0.15, 0.2) is 121 Å². The van der Waals surface area contributed by atoms with E-state index >= 15 is 13.2 Å². The third-order valence-corrected chi connectivity index (χ3v) is 18.0. The fraction of sp³-hybridized carbons (Fsp3) is 0.423. The molecule has 1 fully saturated rings. The molecule has 0 aromatic heterocycles. The molecular weight excluding hydrogens is 898 g/mol. The maximum absolute atomic E-state index is 15.4. The molecular formula is C52H65F3O10Si2. The summed E-state index contributed by atoms with van der Waals surface area (Å²) in [6.45, 7) is 15.8. The van der Waals surface area contributed by atoms with Gasteiger partial charge in [0.2, 0.25) is 0 Å². The Labute approximate surface area is 395 Å². The van der Waals surface area contributed by atoms with Crippen molar-refractivity contribution < 1.29 is 60.3 Å². The van der Waals surface area contributed by atoms with Gasteiger partial charge in [-0.15, -0.1) is 0 Å². The quantitative estimate of drug-likeness (QED) is 0.0347. The van der Waals surface area contributed by atoms with E-state index in [1.165, 1.54) is 26.4 Å². The normalized spacial score (nSPS) is 17.6. The third kappa shape index (κ3) is 14.2. The van der Waals surface area contributed by atoms with Crippen LogP contribution in [-0.2, 0) is 28.1 Å². The number of esters is 2. The van der Waals surface area contributed by atoms with Gasteiger partial charge in [-0.25, -0.2) is 9.59 Å². The Kier molecular flexibility index (Phi) is 18.0. The molecule has 4 atom stereocenters. The van der Waals surface area contributed by atoms with Crippen molar-refractivity contribution in [3.63, 3.8) is 0 Å². The van der Waals surface area contributed by atoms with Gasteiger partial charge in [0.25, 0.3) is 8.32 Å². The molecule has 1 aliphatic rings. The summed E-state index contributed by atoms with van der Waals surface area (Å²) < 4.78 is 93.8. The van der Waals surface area contributed by atoms with Crippen LogP contribution in [0.25, 0.3) is 6.08 Å². The van der Waals surface area contributed by atoms with Gasteiger partial charge in [0, 0.05) is 21.3 Å². The largest absolute Gasteiger partial charge is 0.497 e. The van der Waals surface area contributed by atoms with Crippen LogP contribution in [-0.4, -0.2) is 92.3 Å². The highest BCUT2D eigenvalue weighted by atomic mass is 28.4. The molecule has 0 N–H and O–H groups in total. The van der Waals surface area contributed by atoms with Gasteiger partial charge in [0.05, 0.1) is 25.4 Å². The lowest BCUT2D eigenvalue weighted by Crippen LogP contribution is -2.68. The van der Waals surface area contributed by atoms with E-state index in [1.54, 1.807) is 68.5 Å². The second-order valence-electron chi connectivity index (χ2n) is 19.1. The molecule has 0 spiro atoms. The zero-order valence-electron chi connectivity index (χ0n) is 40.2. The summed E-state index contributed by atoms with van der Waals surface area (Å²) in [6.07, 6.45) is -4.15. The smallest absolute Gasteiger partial charge is 0.413 e. The molecule has 0 aliphatic carbocycles. The van der Waals surface area contributed by atoms with Crippen molar-refractivity contribution in [2.24, 2.45) is 0 Å². The highest BCUT2D eigenvalue weighted by Crippen LogP contribution is 2.41. The maximum Gasteiger partial charge on any atom is 0.413 e. The van der Waals surface area contributed by atoms with E-state index in [1.807, 2.05) is 81.4 Å². The zero-order chi connectivity index (χ0) is 49.0. The average Bonchev–Trinajstić information content (AvgIpc) is 3.59. The summed E-state index contributed by atoms with van der Waals surface area (Å²) >= 11 is 0. The first-order valence-corrected chi connectivity index (χ1v) is 28.0. The van der Waals surface area contributed by atoms with Crippen LogP contribution < -0.4 is 19.8 Å².